The molecule has 3 nitrogen and oxygen atoms in total. The van der Waals surface area contributed by atoms with E-state index in [1.165, 1.54) is 37.7 Å². The minimum Gasteiger partial charge on any atom is -0.396 e. The van der Waals surface area contributed by atoms with Gasteiger partial charge in [-0.1, -0.05) is 92.2 Å². The van der Waals surface area contributed by atoms with Crippen molar-refractivity contribution in [1.29, 1.82) is 0 Å². The first kappa shape index (κ1) is 24.2. The third-order valence-electron chi connectivity index (χ3n) is 9.10. The van der Waals surface area contributed by atoms with E-state index in [0.717, 1.165) is 44.3 Å². The summed E-state index contributed by atoms with van der Waals surface area (Å²) >= 11 is 0. The van der Waals surface area contributed by atoms with Gasteiger partial charge in [-0.25, -0.2) is 0 Å². The van der Waals surface area contributed by atoms with Crippen molar-refractivity contribution in [3.8, 4) is 0 Å². The topological polar surface area (TPSA) is 54.4 Å². The highest BCUT2D eigenvalue weighted by molar-refractivity contribution is 6.39. The van der Waals surface area contributed by atoms with Gasteiger partial charge in [0, 0.05) is 17.6 Å². The molecule has 0 unspecified atom stereocenters. The van der Waals surface area contributed by atoms with E-state index < -0.39 is 5.43 Å². The molecule has 8 aromatic rings. The Morgan fingerprint density at radius 1 is 0.512 bits per heavy atom. The first-order valence-electron chi connectivity index (χ1n) is 14.5. The van der Waals surface area contributed by atoms with Crippen LogP contribution in [0.4, 0.5) is 0 Å². The molecule has 0 amide bonds. The van der Waals surface area contributed by atoms with Gasteiger partial charge in [-0.15, -0.1) is 0 Å². The van der Waals surface area contributed by atoms with Crippen LogP contribution in [0.5, 0.6) is 0 Å². The van der Waals surface area contributed by atoms with Crippen LogP contribution in [0, 0.1) is 0 Å². The van der Waals surface area contributed by atoms with Crippen molar-refractivity contribution < 1.29 is 5.11 Å². The molecule has 0 atom stereocenters. The number of fused-ring (bicyclic) bond motifs is 8. The zero-order valence-electron chi connectivity index (χ0n) is 22.9. The van der Waals surface area contributed by atoms with Gasteiger partial charge in [-0.3, -0.25) is 9.59 Å². The van der Waals surface area contributed by atoms with E-state index in [4.69, 9.17) is 0 Å². The van der Waals surface area contributed by atoms with Gasteiger partial charge in [0.15, 0.2) is 0 Å². The molecule has 0 aliphatic rings. The zero-order valence-corrected chi connectivity index (χ0v) is 22.9. The lowest BCUT2D eigenvalue weighted by Crippen LogP contribution is -2.29. The number of rotatable bonds is 5. The van der Waals surface area contributed by atoms with Crippen LogP contribution in [0.25, 0.3) is 75.4 Å². The maximum absolute atomic E-state index is 13.7. The summed E-state index contributed by atoms with van der Waals surface area (Å²) in [6.45, 7) is 2.07. The third kappa shape index (κ3) is 3.24. The monoisotopic (exact) mass is 532 g/mol. The Hall–Kier alpha value is -4.60. The molecule has 8 aromatic carbocycles. The number of hydrogen-bond acceptors (Lipinski definition) is 3. The minimum absolute atomic E-state index is 0.0479. The molecule has 198 valence electrons. The van der Waals surface area contributed by atoms with E-state index in [0.29, 0.717) is 30.2 Å². The average Bonchev–Trinajstić information content (AvgIpc) is 3.00. The highest BCUT2D eigenvalue weighted by Crippen LogP contribution is 2.45. The van der Waals surface area contributed by atoms with Gasteiger partial charge < -0.3 is 5.11 Å². The lowest BCUT2D eigenvalue weighted by molar-refractivity contribution is 0.288. The quantitative estimate of drug-likeness (QED) is 0.138. The zero-order chi connectivity index (χ0) is 27.8. The molecule has 0 radical (unpaired) electrons. The maximum Gasteiger partial charge on any atom is 0.234 e. The molecule has 0 saturated carbocycles. The van der Waals surface area contributed by atoms with Gasteiger partial charge >= 0.3 is 0 Å². The summed E-state index contributed by atoms with van der Waals surface area (Å²) in [7, 11) is 0. The van der Waals surface area contributed by atoms with Crippen molar-refractivity contribution in [1.82, 2.24) is 0 Å². The van der Waals surface area contributed by atoms with Crippen LogP contribution in [0.3, 0.4) is 0 Å². The van der Waals surface area contributed by atoms with Gasteiger partial charge in [0.1, 0.15) is 0 Å². The molecule has 0 spiro atoms. The smallest absolute Gasteiger partial charge is 0.234 e. The number of aliphatic hydroxyl groups excluding tert-OH is 1. The Morgan fingerprint density at radius 2 is 1.12 bits per heavy atom. The van der Waals surface area contributed by atoms with Gasteiger partial charge in [0.2, 0.25) is 10.9 Å². The number of aliphatic hydroxyl groups is 1. The summed E-state index contributed by atoms with van der Waals surface area (Å²) in [6, 6.07) is 30.2. The summed E-state index contributed by atoms with van der Waals surface area (Å²) < 4.78 is 0. The van der Waals surface area contributed by atoms with E-state index >= 15 is 0 Å². The summed E-state index contributed by atoms with van der Waals surface area (Å²) in [5.74, 6) is 0. The summed E-state index contributed by atoms with van der Waals surface area (Å²) in [6.07, 6.45) is 2.51. The molecule has 41 heavy (non-hydrogen) atoms. The molecule has 0 fully saturated rings. The second-order valence-electron chi connectivity index (χ2n) is 11.3. The first-order chi connectivity index (χ1) is 20.1. The SMILES string of the molecule is CCCc1c(CCCO)c2ccc3c4cc5cccc6c7cccc8cccc(c87)c(c4ccc3c2c(=O)c1=O)c56. The predicted molar refractivity (Wildman–Crippen MR) is 173 cm³/mol. The molecule has 0 aliphatic carbocycles. The molecule has 0 saturated heterocycles. The Morgan fingerprint density at radius 3 is 1.85 bits per heavy atom. The standard InChI is InChI=1S/C38H28O3/c1-2-7-30-23(14-6-19-39)27-16-15-24-28(36(27)38(41)37(30)40)17-18-29-32(24)20-22-10-5-12-26-25-11-3-8-21-9-4-13-31(33(21)25)35(29)34(22)26/h3-5,8-13,15-18,20,39H,2,6-7,14,19H2,1H3. The van der Waals surface area contributed by atoms with Crippen molar-refractivity contribution in [2.45, 2.75) is 32.6 Å². The van der Waals surface area contributed by atoms with Crippen molar-refractivity contribution in [2.24, 2.45) is 0 Å². The molecule has 0 heterocycles. The van der Waals surface area contributed by atoms with Crippen LogP contribution in [-0.2, 0) is 12.8 Å². The second-order valence-corrected chi connectivity index (χ2v) is 11.3. The van der Waals surface area contributed by atoms with E-state index in [1.54, 1.807) is 0 Å². The minimum atomic E-state index is -0.413. The Kier molecular flexibility index (Phi) is 5.29. The molecule has 1 N–H and O–H groups in total. The maximum atomic E-state index is 13.7. The summed E-state index contributed by atoms with van der Waals surface area (Å²) in [4.78, 5) is 27.1. The van der Waals surface area contributed by atoms with E-state index in [1.807, 2.05) is 19.1 Å². The molecule has 0 aromatic heterocycles. The highest BCUT2D eigenvalue weighted by atomic mass is 16.3. The predicted octanol–water partition coefficient (Wildman–Crippen LogP) is 8.23. The van der Waals surface area contributed by atoms with Gasteiger partial charge in [-0.2, -0.15) is 0 Å². The summed E-state index contributed by atoms with van der Waals surface area (Å²) in [5.41, 5.74) is 0.739. The fourth-order valence-corrected chi connectivity index (χ4v) is 7.44. The normalized spacial score (nSPS) is 12.3. The molecular weight excluding hydrogens is 504 g/mol. The lowest BCUT2D eigenvalue weighted by Gasteiger charge is -2.18. The molecule has 3 heteroatoms. The molecular formula is C38H28O3. The highest BCUT2D eigenvalue weighted by Gasteiger charge is 2.20. The van der Waals surface area contributed by atoms with Crippen LogP contribution in [0.15, 0.2) is 94.5 Å². The largest absolute Gasteiger partial charge is 0.396 e. The van der Waals surface area contributed by atoms with Crippen LogP contribution in [0.1, 0.15) is 30.9 Å². The Balaban J connectivity index is 1.58. The summed E-state index contributed by atoms with van der Waals surface area (Å²) in [5, 5.41) is 24.9. The molecule has 0 aliphatic heterocycles. The average molecular weight is 533 g/mol. The Labute approximate surface area is 235 Å². The van der Waals surface area contributed by atoms with Crippen molar-refractivity contribution in [2.75, 3.05) is 6.61 Å². The van der Waals surface area contributed by atoms with Gasteiger partial charge in [0.05, 0.1) is 0 Å². The Bertz CT molecular complexity index is 2450. The number of hydrogen-bond donors (Lipinski definition) is 1. The second kappa shape index (κ2) is 8.95. The number of aryl methyl sites for hydroxylation is 1. The fraction of sp³-hybridized carbons (Fsp3) is 0.158. The van der Waals surface area contributed by atoms with Crippen molar-refractivity contribution in [3.05, 3.63) is 117 Å². The molecule has 0 bridgehead atoms. The first-order valence-corrected chi connectivity index (χ1v) is 14.5. The van der Waals surface area contributed by atoms with Crippen molar-refractivity contribution in [3.63, 3.8) is 0 Å². The van der Waals surface area contributed by atoms with E-state index in [-0.39, 0.29) is 12.0 Å². The van der Waals surface area contributed by atoms with Crippen LogP contribution in [0.2, 0.25) is 0 Å². The van der Waals surface area contributed by atoms with Gasteiger partial charge in [-0.05, 0) is 101 Å². The van der Waals surface area contributed by atoms with E-state index in [9.17, 15) is 14.7 Å². The lowest BCUT2D eigenvalue weighted by atomic mass is 9.85. The van der Waals surface area contributed by atoms with Gasteiger partial charge in [0.25, 0.3) is 0 Å². The van der Waals surface area contributed by atoms with Crippen molar-refractivity contribution >= 4 is 75.4 Å². The van der Waals surface area contributed by atoms with Crippen LogP contribution >= 0.6 is 0 Å². The van der Waals surface area contributed by atoms with Crippen LogP contribution in [-0.4, -0.2) is 11.7 Å². The molecule has 8 rings (SSSR count). The van der Waals surface area contributed by atoms with E-state index in [2.05, 4.69) is 72.8 Å². The fourth-order valence-electron chi connectivity index (χ4n) is 7.44. The third-order valence-corrected chi connectivity index (χ3v) is 9.10. The number of benzene rings is 8. The van der Waals surface area contributed by atoms with Crippen LogP contribution < -0.4 is 10.9 Å².